The minimum atomic E-state index is -0.130. The van der Waals surface area contributed by atoms with Crippen LogP contribution in [0.15, 0.2) is 0 Å². The maximum Gasteiger partial charge on any atom is 0.131 e. The molecule has 0 aromatic heterocycles. The van der Waals surface area contributed by atoms with Crippen LogP contribution in [0.4, 0.5) is 0 Å². The van der Waals surface area contributed by atoms with E-state index >= 15 is 0 Å². The van der Waals surface area contributed by atoms with E-state index in [0.717, 1.165) is 13.0 Å². The van der Waals surface area contributed by atoms with Crippen molar-refractivity contribution in [1.82, 2.24) is 0 Å². The van der Waals surface area contributed by atoms with Crippen molar-refractivity contribution in [2.24, 2.45) is 0 Å². The van der Waals surface area contributed by atoms with Crippen LogP contribution in [-0.2, 0) is 9.47 Å². The van der Waals surface area contributed by atoms with Crippen LogP contribution in [0.3, 0.4) is 0 Å². The Morgan fingerprint density at radius 2 is 2.56 bits per heavy atom. The normalized spacial score (nSPS) is 28.0. The van der Waals surface area contributed by atoms with Gasteiger partial charge in [-0.1, -0.05) is 18.5 Å². The van der Waals surface area contributed by atoms with Crippen molar-refractivity contribution >= 4 is 11.6 Å². The summed E-state index contributed by atoms with van der Waals surface area (Å²) in [6.07, 6.45) is 1.19. The summed E-state index contributed by atoms with van der Waals surface area (Å²) in [4.78, 5) is 0. The number of epoxide rings is 1. The van der Waals surface area contributed by atoms with Gasteiger partial charge >= 0.3 is 0 Å². The summed E-state index contributed by atoms with van der Waals surface area (Å²) < 4.78 is 10.1. The van der Waals surface area contributed by atoms with E-state index in [9.17, 15) is 0 Å². The highest BCUT2D eigenvalue weighted by Gasteiger charge is 2.23. The van der Waals surface area contributed by atoms with E-state index in [1.807, 2.05) is 6.92 Å². The lowest BCUT2D eigenvalue weighted by Gasteiger charge is -2.05. The molecule has 0 radical (unpaired) electrons. The molecule has 1 fully saturated rings. The SMILES string of the molecule is CCC(Cl)OCC1CO1. The summed E-state index contributed by atoms with van der Waals surface area (Å²) in [6.45, 7) is 3.49. The van der Waals surface area contributed by atoms with E-state index < -0.39 is 0 Å². The third-order valence-electron chi connectivity index (χ3n) is 1.19. The maximum absolute atomic E-state index is 5.66. The minimum Gasteiger partial charge on any atom is -0.371 e. The van der Waals surface area contributed by atoms with Crippen molar-refractivity contribution in [1.29, 1.82) is 0 Å². The van der Waals surface area contributed by atoms with Gasteiger partial charge in [0.2, 0.25) is 0 Å². The van der Waals surface area contributed by atoms with Crippen LogP contribution in [0, 0.1) is 0 Å². The van der Waals surface area contributed by atoms with Gasteiger partial charge in [0.15, 0.2) is 0 Å². The summed E-state index contributed by atoms with van der Waals surface area (Å²) in [5, 5.41) is 0. The lowest BCUT2D eigenvalue weighted by molar-refractivity contribution is 0.0902. The molecule has 2 unspecified atom stereocenters. The molecule has 0 amide bonds. The van der Waals surface area contributed by atoms with Gasteiger partial charge in [0.1, 0.15) is 11.7 Å². The molecule has 0 N–H and O–H groups in total. The van der Waals surface area contributed by atoms with E-state index in [1.54, 1.807) is 0 Å². The highest BCUT2D eigenvalue weighted by Crippen LogP contribution is 2.12. The summed E-state index contributed by atoms with van der Waals surface area (Å²) in [6, 6.07) is 0. The molecule has 0 aliphatic carbocycles. The first-order valence-corrected chi connectivity index (χ1v) is 3.64. The minimum absolute atomic E-state index is 0.130. The number of rotatable bonds is 4. The fraction of sp³-hybridized carbons (Fsp3) is 1.00. The lowest BCUT2D eigenvalue weighted by Crippen LogP contribution is -2.08. The van der Waals surface area contributed by atoms with Gasteiger partial charge in [-0.25, -0.2) is 0 Å². The van der Waals surface area contributed by atoms with Gasteiger partial charge in [0.25, 0.3) is 0 Å². The predicted octanol–water partition coefficient (Wildman–Crippen LogP) is 1.38. The molecular weight excluding hydrogens is 140 g/mol. The van der Waals surface area contributed by atoms with Crippen molar-refractivity contribution in [3.8, 4) is 0 Å². The molecule has 0 bridgehead atoms. The van der Waals surface area contributed by atoms with Crippen LogP contribution in [0.25, 0.3) is 0 Å². The largest absolute Gasteiger partial charge is 0.371 e. The molecule has 2 nitrogen and oxygen atoms in total. The Bertz CT molecular complexity index is 83.1. The van der Waals surface area contributed by atoms with Gasteiger partial charge in [-0.15, -0.1) is 0 Å². The Morgan fingerprint density at radius 3 is 3.00 bits per heavy atom. The van der Waals surface area contributed by atoms with E-state index in [4.69, 9.17) is 21.1 Å². The summed E-state index contributed by atoms with van der Waals surface area (Å²) in [7, 11) is 0. The second-order valence-electron chi connectivity index (χ2n) is 2.11. The van der Waals surface area contributed by atoms with Crippen LogP contribution in [-0.4, -0.2) is 24.9 Å². The topological polar surface area (TPSA) is 21.8 Å². The van der Waals surface area contributed by atoms with Gasteiger partial charge in [0, 0.05) is 0 Å². The van der Waals surface area contributed by atoms with Crippen molar-refractivity contribution in [3.63, 3.8) is 0 Å². The Hall–Kier alpha value is 0.210. The van der Waals surface area contributed by atoms with Gasteiger partial charge in [-0.3, -0.25) is 0 Å². The molecule has 1 heterocycles. The van der Waals surface area contributed by atoms with Gasteiger partial charge in [-0.05, 0) is 6.42 Å². The Morgan fingerprint density at radius 1 is 1.89 bits per heavy atom. The number of hydrogen-bond donors (Lipinski definition) is 0. The van der Waals surface area contributed by atoms with Crippen molar-refractivity contribution in [2.75, 3.05) is 13.2 Å². The second kappa shape index (κ2) is 3.40. The van der Waals surface area contributed by atoms with Crippen LogP contribution >= 0.6 is 11.6 Å². The Labute approximate surface area is 60.1 Å². The fourth-order valence-corrected chi connectivity index (χ4v) is 0.567. The molecule has 1 aliphatic heterocycles. The average Bonchev–Trinajstić information content (AvgIpc) is 2.65. The molecule has 0 spiro atoms. The number of hydrogen-bond acceptors (Lipinski definition) is 2. The monoisotopic (exact) mass is 150 g/mol. The van der Waals surface area contributed by atoms with Crippen LogP contribution < -0.4 is 0 Å². The number of halogens is 1. The van der Waals surface area contributed by atoms with Crippen molar-refractivity contribution in [2.45, 2.75) is 25.0 Å². The molecule has 0 saturated carbocycles. The van der Waals surface area contributed by atoms with E-state index in [2.05, 4.69) is 0 Å². The molecule has 0 aromatic carbocycles. The first kappa shape index (κ1) is 7.32. The maximum atomic E-state index is 5.66. The van der Waals surface area contributed by atoms with E-state index in [-0.39, 0.29) is 5.56 Å². The molecule has 1 rings (SSSR count). The van der Waals surface area contributed by atoms with Crippen LogP contribution in [0.5, 0.6) is 0 Å². The molecule has 1 saturated heterocycles. The molecule has 2 atom stereocenters. The average molecular weight is 151 g/mol. The number of alkyl halides is 1. The van der Waals surface area contributed by atoms with Gasteiger partial charge in [-0.2, -0.15) is 0 Å². The third kappa shape index (κ3) is 3.04. The van der Waals surface area contributed by atoms with E-state index in [0.29, 0.717) is 12.7 Å². The molecule has 3 heteroatoms. The van der Waals surface area contributed by atoms with Crippen LogP contribution in [0.1, 0.15) is 13.3 Å². The smallest absolute Gasteiger partial charge is 0.131 e. The van der Waals surface area contributed by atoms with E-state index in [1.165, 1.54) is 0 Å². The zero-order chi connectivity index (χ0) is 6.69. The highest BCUT2D eigenvalue weighted by molar-refractivity contribution is 6.19. The lowest BCUT2D eigenvalue weighted by atomic mass is 10.5. The molecule has 1 aliphatic rings. The zero-order valence-corrected chi connectivity index (χ0v) is 6.23. The Balaban J connectivity index is 1.90. The first-order chi connectivity index (χ1) is 4.33. The quantitative estimate of drug-likeness (QED) is 0.446. The fourth-order valence-electron chi connectivity index (χ4n) is 0.494. The van der Waals surface area contributed by atoms with Crippen molar-refractivity contribution < 1.29 is 9.47 Å². The summed E-state index contributed by atoms with van der Waals surface area (Å²) in [5.41, 5.74) is -0.130. The molecule has 9 heavy (non-hydrogen) atoms. The molecule has 54 valence electrons. The summed E-state index contributed by atoms with van der Waals surface area (Å²) >= 11 is 5.66. The first-order valence-electron chi connectivity index (χ1n) is 3.20. The van der Waals surface area contributed by atoms with Gasteiger partial charge in [0.05, 0.1) is 13.2 Å². The predicted molar refractivity (Wildman–Crippen MR) is 35.6 cm³/mol. The third-order valence-corrected chi connectivity index (χ3v) is 1.62. The van der Waals surface area contributed by atoms with Gasteiger partial charge < -0.3 is 9.47 Å². The van der Waals surface area contributed by atoms with Crippen molar-refractivity contribution in [3.05, 3.63) is 0 Å². The Kier molecular flexibility index (Phi) is 2.76. The molecule has 0 aromatic rings. The molecular formula is C6H11ClO2. The number of ether oxygens (including phenoxy) is 2. The second-order valence-corrected chi connectivity index (χ2v) is 2.59. The zero-order valence-electron chi connectivity index (χ0n) is 5.47. The summed E-state index contributed by atoms with van der Waals surface area (Å²) in [5.74, 6) is 0. The standard InChI is InChI=1S/C6H11ClO2/c1-2-6(7)9-4-5-3-8-5/h5-6H,2-4H2,1H3. The van der Waals surface area contributed by atoms with Crippen LogP contribution in [0.2, 0.25) is 0 Å². The highest BCUT2D eigenvalue weighted by atomic mass is 35.5.